The van der Waals surface area contributed by atoms with Crippen LogP contribution in [0.25, 0.3) is 5.65 Å². The third-order valence-corrected chi connectivity index (χ3v) is 4.26. The highest BCUT2D eigenvalue weighted by atomic mass is 16.2. The van der Waals surface area contributed by atoms with Crippen molar-refractivity contribution < 1.29 is 0 Å². The smallest absolute Gasteiger partial charge is 0.327 e. The summed E-state index contributed by atoms with van der Waals surface area (Å²) in [4.78, 5) is 36.6. The number of nitrogens with one attached hydrogen (secondary N) is 2. The van der Waals surface area contributed by atoms with Crippen molar-refractivity contribution in [2.24, 2.45) is 0 Å². The summed E-state index contributed by atoms with van der Waals surface area (Å²) in [5.41, 5.74) is 1.15. The molecule has 0 aromatic carbocycles. The first-order valence-electron chi connectivity index (χ1n) is 7.91. The first kappa shape index (κ1) is 14.7. The topological polar surface area (TPSA) is 89.5 Å². The summed E-state index contributed by atoms with van der Waals surface area (Å²) < 4.78 is 2.02. The highest BCUT2D eigenvalue weighted by molar-refractivity contribution is 5.39. The second kappa shape index (κ2) is 5.97. The first-order valence-corrected chi connectivity index (χ1v) is 7.91. The van der Waals surface area contributed by atoms with E-state index in [1.165, 1.54) is 6.07 Å². The van der Waals surface area contributed by atoms with Gasteiger partial charge < -0.3 is 9.30 Å². The predicted octanol–water partition coefficient (Wildman–Crippen LogP) is 0.0331. The quantitative estimate of drug-likeness (QED) is 0.709. The molecule has 8 heteroatoms. The molecule has 124 valence electrons. The Bertz CT molecular complexity index is 903. The van der Waals surface area contributed by atoms with Crippen LogP contribution in [-0.2, 0) is 6.54 Å². The molecule has 0 saturated carbocycles. The first-order chi connectivity index (χ1) is 11.7. The molecule has 24 heavy (non-hydrogen) atoms. The van der Waals surface area contributed by atoms with E-state index < -0.39 is 5.69 Å². The van der Waals surface area contributed by atoms with Gasteiger partial charge in [-0.2, -0.15) is 0 Å². The summed E-state index contributed by atoms with van der Waals surface area (Å²) in [5.74, 6) is 0.580. The standard InChI is InChI=1S/C16H18N6O2/c23-15-9-14(18-16(24)19-15)21-7-5-20(6-8-21)10-12-11-22-4-2-1-3-13(22)17-12/h1-4,9,11H,5-8,10H2,(H2,18,19,23,24). The van der Waals surface area contributed by atoms with Crippen LogP contribution in [0.15, 0.2) is 46.2 Å². The van der Waals surface area contributed by atoms with Gasteiger partial charge in [0.1, 0.15) is 11.5 Å². The van der Waals surface area contributed by atoms with E-state index in [0.717, 1.165) is 44.1 Å². The number of rotatable bonds is 3. The molecule has 1 saturated heterocycles. The average molecular weight is 326 g/mol. The Kier molecular flexibility index (Phi) is 3.66. The van der Waals surface area contributed by atoms with E-state index in [0.29, 0.717) is 5.82 Å². The molecule has 3 aromatic heterocycles. The summed E-state index contributed by atoms with van der Waals surface area (Å²) in [6, 6.07) is 7.39. The summed E-state index contributed by atoms with van der Waals surface area (Å²) in [7, 11) is 0. The van der Waals surface area contributed by atoms with Crippen LogP contribution >= 0.6 is 0 Å². The fraction of sp³-hybridized carbons (Fsp3) is 0.312. The maximum Gasteiger partial charge on any atom is 0.327 e. The molecule has 1 aliphatic heterocycles. The molecular weight excluding hydrogens is 308 g/mol. The van der Waals surface area contributed by atoms with Gasteiger partial charge in [-0.15, -0.1) is 0 Å². The van der Waals surface area contributed by atoms with E-state index in [1.54, 1.807) is 0 Å². The number of anilines is 1. The summed E-state index contributed by atoms with van der Waals surface area (Å²) in [6.07, 6.45) is 4.04. The average Bonchev–Trinajstić information content (AvgIpc) is 2.97. The second-order valence-corrected chi connectivity index (χ2v) is 5.93. The number of piperazine rings is 1. The van der Waals surface area contributed by atoms with E-state index >= 15 is 0 Å². The monoisotopic (exact) mass is 326 g/mol. The van der Waals surface area contributed by atoms with Gasteiger partial charge in [0.15, 0.2) is 0 Å². The van der Waals surface area contributed by atoms with Gasteiger partial charge >= 0.3 is 5.69 Å². The van der Waals surface area contributed by atoms with Gasteiger partial charge in [0, 0.05) is 51.2 Å². The number of pyridine rings is 1. The number of nitrogens with zero attached hydrogens (tertiary/aromatic N) is 4. The van der Waals surface area contributed by atoms with Crippen LogP contribution < -0.4 is 16.1 Å². The van der Waals surface area contributed by atoms with Crippen LogP contribution in [0.1, 0.15) is 5.69 Å². The largest absolute Gasteiger partial charge is 0.355 e. The molecule has 0 aliphatic carbocycles. The SMILES string of the molecule is O=c1cc(N2CCN(Cc3cn4ccccc4n3)CC2)[nH]c(=O)[nH]1. The lowest BCUT2D eigenvalue weighted by molar-refractivity contribution is 0.247. The molecule has 8 nitrogen and oxygen atoms in total. The highest BCUT2D eigenvalue weighted by Gasteiger charge is 2.19. The Labute approximate surface area is 137 Å². The number of fused-ring (bicyclic) bond motifs is 1. The fourth-order valence-corrected chi connectivity index (χ4v) is 3.07. The van der Waals surface area contributed by atoms with Gasteiger partial charge in [0.05, 0.1) is 5.69 Å². The van der Waals surface area contributed by atoms with Crippen LogP contribution in [0.3, 0.4) is 0 Å². The molecule has 0 amide bonds. The molecule has 0 bridgehead atoms. The minimum absolute atomic E-state index is 0.374. The maximum atomic E-state index is 11.4. The van der Waals surface area contributed by atoms with Crippen molar-refractivity contribution >= 4 is 11.5 Å². The third-order valence-electron chi connectivity index (χ3n) is 4.26. The van der Waals surface area contributed by atoms with Crippen LogP contribution in [0.5, 0.6) is 0 Å². The van der Waals surface area contributed by atoms with Gasteiger partial charge in [0.25, 0.3) is 5.56 Å². The van der Waals surface area contributed by atoms with Crippen molar-refractivity contribution in [3.05, 3.63) is 63.2 Å². The minimum Gasteiger partial charge on any atom is -0.355 e. The second-order valence-electron chi connectivity index (χ2n) is 5.93. The van der Waals surface area contributed by atoms with Crippen molar-refractivity contribution in [1.29, 1.82) is 0 Å². The lowest BCUT2D eigenvalue weighted by Crippen LogP contribution is -2.47. The molecule has 0 spiro atoms. The normalized spacial score (nSPS) is 15.9. The molecule has 0 radical (unpaired) electrons. The van der Waals surface area contributed by atoms with Gasteiger partial charge in [-0.3, -0.25) is 19.7 Å². The van der Waals surface area contributed by atoms with E-state index in [4.69, 9.17) is 0 Å². The lowest BCUT2D eigenvalue weighted by atomic mass is 10.3. The lowest BCUT2D eigenvalue weighted by Gasteiger charge is -2.35. The minimum atomic E-state index is -0.468. The zero-order valence-electron chi connectivity index (χ0n) is 13.1. The number of aromatic amines is 2. The Hall–Kier alpha value is -2.87. The number of hydrogen-bond donors (Lipinski definition) is 2. The van der Waals surface area contributed by atoms with Crippen molar-refractivity contribution in [2.45, 2.75) is 6.54 Å². The summed E-state index contributed by atoms with van der Waals surface area (Å²) in [6.45, 7) is 4.01. The summed E-state index contributed by atoms with van der Waals surface area (Å²) in [5, 5.41) is 0. The number of H-pyrrole nitrogens is 2. The fourth-order valence-electron chi connectivity index (χ4n) is 3.07. The van der Waals surface area contributed by atoms with Crippen molar-refractivity contribution in [3.8, 4) is 0 Å². The van der Waals surface area contributed by atoms with Gasteiger partial charge in [-0.1, -0.05) is 6.07 Å². The van der Waals surface area contributed by atoms with Crippen molar-refractivity contribution in [1.82, 2.24) is 24.3 Å². The molecule has 4 heterocycles. The Balaban J connectivity index is 1.42. The molecule has 0 atom stereocenters. The van der Waals surface area contributed by atoms with E-state index in [9.17, 15) is 9.59 Å². The van der Waals surface area contributed by atoms with Crippen LogP contribution in [0.4, 0.5) is 5.82 Å². The Morgan fingerprint density at radius 2 is 1.92 bits per heavy atom. The molecular formula is C16H18N6O2. The van der Waals surface area contributed by atoms with Crippen LogP contribution in [0, 0.1) is 0 Å². The maximum absolute atomic E-state index is 11.4. The zero-order valence-corrected chi connectivity index (χ0v) is 13.1. The molecule has 1 fully saturated rings. The third kappa shape index (κ3) is 2.95. The van der Waals surface area contributed by atoms with E-state index in [-0.39, 0.29) is 5.56 Å². The Morgan fingerprint density at radius 3 is 2.67 bits per heavy atom. The zero-order chi connectivity index (χ0) is 16.5. The highest BCUT2D eigenvalue weighted by Crippen LogP contribution is 2.13. The number of imidazole rings is 1. The van der Waals surface area contributed by atoms with Gasteiger partial charge in [0.2, 0.25) is 0 Å². The molecule has 3 aromatic rings. The van der Waals surface area contributed by atoms with Crippen LogP contribution in [0.2, 0.25) is 0 Å². The van der Waals surface area contributed by atoms with Gasteiger partial charge in [-0.25, -0.2) is 9.78 Å². The van der Waals surface area contributed by atoms with Gasteiger partial charge in [-0.05, 0) is 12.1 Å². The predicted molar refractivity (Wildman–Crippen MR) is 90.4 cm³/mol. The van der Waals surface area contributed by atoms with Crippen LogP contribution in [-0.4, -0.2) is 50.4 Å². The number of hydrogen-bond acceptors (Lipinski definition) is 5. The Morgan fingerprint density at radius 1 is 1.08 bits per heavy atom. The van der Waals surface area contributed by atoms with Crippen molar-refractivity contribution in [2.75, 3.05) is 31.1 Å². The van der Waals surface area contributed by atoms with E-state index in [1.807, 2.05) is 33.7 Å². The molecule has 0 unspecified atom stereocenters. The molecule has 1 aliphatic rings. The molecule has 4 rings (SSSR count). The molecule has 2 N–H and O–H groups in total. The number of aromatic nitrogens is 4. The van der Waals surface area contributed by atoms with E-state index in [2.05, 4.69) is 26.0 Å². The summed E-state index contributed by atoms with van der Waals surface area (Å²) >= 11 is 0. The van der Waals surface area contributed by atoms with Crippen molar-refractivity contribution in [3.63, 3.8) is 0 Å².